The van der Waals surface area contributed by atoms with Crippen molar-refractivity contribution in [3.63, 3.8) is 0 Å². The maximum absolute atomic E-state index is 2.29. The monoisotopic (exact) mass is 266 g/mol. The Balaban J connectivity index is -0.000000427. The molecule has 18 heavy (non-hydrogen) atoms. The topological polar surface area (TPSA) is 0 Å². The molecular weight excluding hydrogens is 228 g/mol. The van der Waals surface area contributed by atoms with Crippen LogP contribution in [0.4, 0.5) is 0 Å². The van der Waals surface area contributed by atoms with Crippen LogP contribution in [0.25, 0.3) is 0 Å². The van der Waals surface area contributed by atoms with Crippen LogP contribution in [0.3, 0.4) is 0 Å². The Hall–Kier alpha value is 0.766. The molecule has 0 aromatic carbocycles. The van der Waals surface area contributed by atoms with E-state index in [0.29, 0.717) is 0 Å². The van der Waals surface area contributed by atoms with Crippen molar-refractivity contribution < 1.29 is 2.85 Å². The van der Waals surface area contributed by atoms with Gasteiger partial charge in [-0.1, -0.05) is 110 Å². The Labute approximate surface area is 136 Å². The number of unbranched alkanes of at least 4 members (excludes halogenated alkanes) is 14. The smallest absolute Gasteiger partial charge is 1.00 e. The summed E-state index contributed by atoms with van der Waals surface area (Å²) in [5.74, 6) is 0. The predicted octanol–water partition coefficient (Wildman–Crippen LogP) is 6.72. The Morgan fingerprint density at radius 2 is 0.556 bits per heavy atom. The first kappa shape index (κ1) is 21.1. The van der Waals surface area contributed by atoms with E-state index in [2.05, 4.69) is 13.8 Å². The molecule has 1 heteroatoms. The average Bonchev–Trinajstić information content (AvgIpc) is 2.35. The minimum Gasteiger partial charge on any atom is -1.00 e. The molecule has 0 aliphatic carbocycles. The maximum Gasteiger partial charge on any atom is 2.00 e. The van der Waals surface area contributed by atoms with Gasteiger partial charge in [-0.05, 0) is 0 Å². The van der Waals surface area contributed by atoms with Crippen molar-refractivity contribution in [2.45, 2.75) is 110 Å². The molecule has 0 amide bonds. The van der Waals surface area contributed by atoms with Crippen molar-refractivity contribution in [1.82, 2.24) is 0 Å². The van der Waals surface area contributed by atoms with Gasteiger partial charge in [-0.25, -0.2) is 0 Å². The molecule has 0 rings (SSSR count). The van der Waals surface area contributed by atoms with Gasteiger partial charge in [-0.3, -0.25) is 0 Å². The van der Waals surface area contributed by atoms with Crippen molar-refractivity contribution in [1.29, 1.82) is 0 Å². The van der Waals surface area contributed by atoms with Crippen molar-refractivity contribution in [2.24, 2.45) is 0 Å². The van der Waals surface area contributed by atoms with Crippen molar-refractivity contribution in [3.05, 3.63) is 0 Å². The molecule has 0 fully saturated rings. The molecule has 0 saturated carbocycles. The molecule has 0 atom stereocenters. The summed E-state index contributed by atoms with van der Waals surface area (Å²) in [5.41, 5.74) is 0. The summed E-state index contributed by atoms with van der Waals surface area (Å²) in [7, 11) is 0. The molecule has 0 heterocycles. The third kappa shape index (κ3) is 19.1. The molecule has 108 valence electrons. The van der Waals surface area contributed by atoms with E-state index in [0.717, 1.165) is 0 Å². The molecule has 0 spiro atoms. The van der Waals surface area contributed by atoms with Crippen LogP contribution in [0.5, 0.6) is 0 Å². The Morgan fingerprint density at radius 1 is 0.389 bits per heavy atom. The van der Waals surface area contributed by atoms with Gasteiger partial charge in [-0.15, -0.1) is 0 Å². The molecule has 0 aliphatic rings. The minimum atomic E-state index is 0. The quantitative estimate of drug-likeness (QED) is 0.242. The van der Waals surface area contributed by atoms with E-state index in [9.17, 15) is 0 Å². The van der Waals surface area contributed by atoms with Crippen LogP contribution in [0.15, 0.2) is 0 Å². The second kappa shape index (κ2) is 20.1. The molecule has 0 nitrogen and oxygen atoms in total. The van der Waals surface area contributed by atoms with Gasteiger partial charge in [-0.2, -0.15) is 0 Å². The fourth-order valence-corrected chi connectivity index (χ4v) is 2.44. The van der Waals surface area contributed by atoms with Gasteiger partial charge < -0.3 is 2.85 Å². The summed E-state index contributed by atoms with van der Waals surface area (Å²) in [4.78, 5) is 0. The second-order valence-corrected chi connectivity index (χ2v) is 5.60. The molecule has 0 unspecified atom stereocenters. The van der Waals surface area contributed by atoms with Gasteiger partial charge in [0, 0.05) is 0 Å². The largest absolute Gasteiger partial charge is 2.00 e. The van der Waals surface area contributed by atoms with Gasteiger partial charge in [0.05, 0.1) is 0 Å². The first-order chi connectivity index (χ1) is 8.41. The normalized spacial score (nSPS) is 10.3. The second-order valence-electron chi connectivity index (χ2n) is 5.60. The van der Waals surface area contributed by atoms with Crippen molar-refractivity contribution >= 4 is 23.1 Å². The summed E-state index contributed by atoms with van der Waals surface area (Å²) >= 11 is 0. The zero-order chi connectivity index (χ0) is 12.6. The zero-order valence-corrected chi connectivity index (χ0v) is 14.7. The van der Waals surface area contributed by atoms with E-state index >= 15 is 0 Å². The molecule has 0 radical (unpaired) electrons. The van der Waals surface area contributed by atoms with Crippen LogP contribution in [0, 0.1) is 0 Å². The van der Waals surface area contributed by atoms with Gasteiger partial charge >= 0.3 is 23.1 Å². The van der Waals surface area contributed by atoms with Crippen LogP contribution < -0.4 is 0 Å². The van der Waals surface area contributed by atoms with E-state index in [1.807, 2.05) is 0 Å². The molecule has 0 aliphatic heterocycles. The Bertz CT molecular complexity index is 118. The Kier molecular flexibility index (Phi) is 23.5. The molecule has 0 N–H and O–H groups in total. The van der Waals surface area contributed by atoms with Crippen LogP contribution >= 0.6 is 0 Å². The summed E-state index contributed by atoms with van der Waals surface area (Å²) in [6.45, 7) is 4.58. The number of rotatable bonds is 14. The van der Waals surface area contributed by atoms with E-state index in [1.54, 1.807) is 0 Å². The van der Waals surface area contributed by atoms with Gasteiger partial charge in [0.25, 0.3) is 0 Å². The van der Waals surface area contributed by atoms with Crippen molar-refractivity contribution in [3.8, 4) is 0 Å². The molecular formula is C17H38Mg. The van der Waals surface area contributed by atoms with Gasteiger partial charge in [0.2, 0.25) is 0 Å². The summed E-state index contributed by atoms with van der Waals surface area (Å²) in [6.07, 6.45) is 21.9. The number of hydrogen-bond donors (Lipinski definition) is 0. The van der Waals surface area contributed by atoms with Crippen molar-refractivity contribution in [2.75, 3.05) is 0 Å². The predicted molar refractivity (Wildman–Crippen MR) is 88.6 cm³/mol. The van der Waals surface area contributed by atoms with Gasteiger partial charge in [0.15, 0.2) is 0 Å². The first-order valence-electron chi connectivity index (χ1n) is 8.41. The van der Waals surface area contributed by atoms with Gasteiger partial charge in [0.1, 0.15) is 0 Å². The van der Waals surface area contributed by atoms with Crippen LogP contribution in [-0.2, 0) is 0 Å². The summed E-state index contributed by atoms with van der Waals surface area (Å²) in [5, 5.41) is 0. The summed E-state index contributed by atoms with van der Waals surface area (Å²) in [6, 6.07) is 0. The molecule has 0 aromatic rings. The fourth-order valence-electron chi connectivity index (χ4n) is 2.44. The minimum absolute atomic E-state index is 0. The summed E-state index contributed by atoms with van der Waals surface area (Å²) < 4.78 is 0. The standard InChI is InChI=1S/C17H36.Mg.2H/c1-3-5-7-9-11-13-15-17-16-14-12-10-8-6-4-2;;;/h3-17H2,1-2H3;;;/q;+2;2*-1. The van der Waals surface area contributed by atoms with Crippen LogP contribution in [0.1, 0.15) is 113 Å². The van der Waals surface area contributed by atoms with E-state index < -0.39 is 0 Å². The average molecular weight is 267 g/mol. The fraction of sp³-hybridized carbons (Fsp3) is 1.00. The molecule has 0 bridgehead atoms. The third-order valence-electron chi connectivity index (χ3n) is 3.71. The maximum atomic E-state index is 2.29. The van der Waals surface area contributed by atoms with Crippen LogP contribution in [-0.4, -0.2) is 23.1 Å². The Morgan fingerprint density at radius 3 is 0.722 bits per heavy atom. The third-order valence-corrected chi connectivity index (χ3v) is 3.71. The van der Waals surface area contributed by atoms with E-state index in [4.69, 9.17) is 0 Å². The van der Waals surface area contributed by atoms with E-state index in [-0.39, 0.29) is 25.9 Å². The zero-order valence-electron chi connectivity index (χ0n) is 15.3. The molecule has 0 saturated heterocycles. The molecule has 0 aromatic heterocycles. The van der Waals surface area contributed by atoms with Crippen LogP contribution in [0.2, 0.25) is 0 Å². The van der Waals surface area contributed by atoms with E-state index in [1.165, 1.54) is 96.3 Å². The number of hydrogen-bond acceptors (Lipinski definition) is 0. The first-order valence-corrected chi connectivity index (χ1v) is 8.41. The SMILES string of the molecule is CCCCCCCCCCCCCCCCC.[H-].[H-].[Mg+2].